The third-order valence-electron chi connectivity index (χ3n) is 34.3. The summed E-state index contributed by atoms with van der Waals surface area (Å²) in [6, 6.07) is 189. The van der Waals surface area contributed by atoms with Crippen LogP contribution in [-0.4, -0.2) is 10.1 Å². The topological polar surface area (TPSA) is 14.7 Å². The fourth-order valence-corrected chi connectivity index (χ4v) is 27.7. The van der Waals surface area contributed by atoms with Gasteiger partial charge in [0.25, 0.3) is 0 Å². The minimum absolute atomic E-state index is 0.205. The highest BCUT2D eigenvalue weighted by Crippen LogP contribution is 2.70. The van der Waals surface area contributed by atoms with E-state index in [-0.39, 0.29) is 11.5 Å². The van der Waals surface area contributed by atoms with E-state index in [1.807, 2.05) is 0 Å². The van der Waals surface area contributed by atoms with Crippen molar-refractivity contribution in [1.29, 1.82) is 0 Å². The average Bonchev–Trinajstić information content (AvgIpc) is 1.49. The Morgan fingerprint density at radius 3 is 1.35 bits per heavy atom. The number of benzene rings is 23. The zero-order valence-electron chi connectivity index (χ0n) is 83.0. The van der Waals surface area contributed by atoms with Gasteiger partial charge in [0.15, 0.2) is 0 Å². The molecular weight excluding hydrogens is 1810 g/mol. The largest absolute Gasteiger partial charge is 0.330 e. The zero-order chi connectivity index (χ0) is 98.8. The molecule has 0 amide bonds. The van der Waals surface area contributed by atoms with Gasteiger partial charge in [-0.2, -0.15) is 0 Å². The second-order valence-electron chi connectivity index (χ2n) is 42.1. The molecule has 0 bridgehead atoms. The van der Waals surface area contributed by atoms with Crippen LogP contribution in [0.1, 0.15) is 71.2 Å². The van der Waals surface area contributed by atoms with Crippen molar-refractivity contribution in [2.24, 2.45) is 5.92 Å². The first-order valence-electron chi connectivity index (χ1n) is 52.8. The van der Waals surface area contributed by atoms with Gasteiger partial charge in [-0.1, -0.05) is 438 Å². The number of rotatable bonds is 14. The number of para-hydroxylation sites is 5. The molecule has 0 N–H and O–H groups in total. The summed E-state index contributed by atoms with van der Waals surface area (Å²) >= 11 is 0. The Hall–Kier alpha value is -18.7. The molecule has 0 saturated heterocycles. The van der Waals surface area contributed by atoms with Crippen molar-refractivity contribution >= 4 is 122 Å². The summed E-state index contributed by atoms with van der Waals surface area (Å²) in [4.78, 5) is 7.64. The highest BCUT2D eigenvalue weighted by Gasteiger charge is 2.58. The van der Waals surface area contributed by atoms with Gasteiger partial charge in [0.2, 0.25) is 0 Å². The Kier molecular flexibility index (Phi) is 18.9. The molecule has 23 aromatic carbocycles. The van der Waals surface area contributed by atoms with Gasteiger partial charge in [-0.05, 0) is 305 Å². The lowest BCUT2D eigenvalue weighted by Gasteiger charge is -2.48. The van der Waals surface area contributed by atoms with E-state index in [1.165, 1.54) is 216 Å². The van der Waals surface area contributed by atoms with Crippen LogP contribution in [0.5, 0.6) is 0 Å². The van der Waals surface area contributed by atoms with Gasteiger partial charge in [-0.15, -0.1) is 0 Å². The van der Waals surface area contributed by atoms with Gasteiger partial charge in [0.1, 0.15) is 0 Å². The van der Waals surface area contributed by atoms with Gasteiger partial charge >= 0.3 is 0 Å². The molecule has 0 fully saturated rings. The summed E-state index contributed by atoms with van der Waals surface area (Å²) in [6.45, 7) is 4.90. The summed E-state index contributed by atoms with van der Waals surface area (Å²) in [5.41, 5.74) is 49.2. The Morgan fingerprint density at radius 1 is 0.260 bits per heavy atom. The van der Waals surface area contributed by atoms with E-state index in [9.17, 15) is 0 Å². The molecule has 2 spiro atoms. The monoisotopic (exact) mass is 1910 g/mol. The maximum atomic E-state index is 2.69. The summed E-state index contributed by atoms with van der Waals surface area (Å²) in [7, 11) is 0. The van der Waals surface area contributed by atoms with Crippen molar-refractivity contribution in [1.82, 2.24) is 4.57 Å². The summed E-state index contributed by atoms with van der Waals surface area (Å²) in [6.07, 6.45) is 13.8. The van der Waals surface area contributed by atoms with E-state index in [4.69, 9.17) is 0 Å². The highest BCUT2D eigenvalue weighted by molar-refractivity contribution is 6.17. The number of aromatic nitrogens is 1. The van der Waals surface area contributed by atoms with Crippen molar-refractivity contribution in [3.05, 3.63) is 578 Å². The first kappa shape index (κ1) is 85.6. The molecule has 3 aliphatic heterocycles. The predicted octanol–water partition coefficient (Wildman–Crippen LogP) is 38.7. The van der Waals surface area contributed by atoms with Gasteiger partial charge in [-0.25, -0.2) is 0 Å². The first-order chi connectivity index (χ1) is 74.2. The Bertz CT molecular complexity index is 10000. The number of allylic oxidation sites excluding steroid dienone is 6. The number of hydrogen-bond donors (Lipinski definition) is 0. The van der Waals surface area contributed by atoms with Crippen LogP contribution in [0.25, 0.3) is 187 Å². The average molecular weight is 1910 g/mol. The molecule has 4 heterocycles. The van der Waals surface area contributed by atoms with Gasteiger partial charge in [0, 0.05) is 67.2 Å². The maximum Gasteiger partial charge on any atom is 0.0754 e. The molecule has 7 aliphatic rings. The molecule has 4 heteroatoms. The predicted molar refractivity (Wildman–Crippen MR) is 630 cm³/mol. The van der Waals surface area contributed by atoms with E-state index < -0.39 is 10.8 Å². The van der Waals surface area contributed by atoms with E-state index in [0.717, 1.165) is 80.2 Å². The SMILES string of the molecule is CC1CC=CC2=C1n1c3ccc(-c4cccc5c(-c6ccc(N(c7ccc8cc(-c9ccc%10c(c9)C9(c%11ccccc%11-%10)c%10ccccc%10N%10c%11c(cccc%119)C9=CC=CCC9%10C)ccc8c7)c7ccccc7-c7ccc(-c8ccccc8)cc7)cc6)cccc45)cc3c3cccc(c31)C21c2ccccc2-c2ccc(-c3ccc4cc(N(c5ccccc5-c5ccc(-c6ccccc6)cc5)c5cccc6ccccc56)ccc4c3)cc21. The Morgan fingerprint density at radius 2 is 0.687 bits per heavy atom. The lowest BCUT2D eigenvalue weighted by atomic mass is 9.63. The third kappa shape index (κ3) is 12.5. The van der Waals surface area contributed by atoms with Crippen LogP contribution >= 0.6 is 0 Å². The van der Waals surface area contributed by atoms with Crippen molar-refractivity contribution in [3.8, 4) is 111 Å². The number of anilines is 8. The van der Waals surface area contributed by atoms with Crippen LogP contribution in [0.4, 0.5) is 45.5 Å². The van der Waals surface area contributed by atoms with Crippen LogP contribution in [0.3, 0.4) is 0 Å². The molecule has 0 saturated carbocycles. The molecule has 4 unspecified atom stereocenters. The molecule has 150 heavy (non-hydrogen) atoms. The van der Waals surface area contributed by atoms with Crippen molar-refractivity contribution in [2.75, 3.05) is 14.7 Å². The normalized spacial score (nSPS) is 16.9. The second kappa shape index (κ2) is 33.1. The van der Waals surface area contributed by atoms with Gasteiger partial charge in [-0.3, -0.25) is 0 Å². The van der Waals surface area contributed by atoms with E-state index in [0.29, 0.717) is 0 Å². The number of nitrogens with zero attached hydrogens (tertiary/aromatic N) is 4. The van der Waals surface area contributed by atoms with Gasteiger partial charge in [0.05, 0.1) is 50.2 Å². The Labute approximate surface area is 872 Å². The van der Waals surface area contributed by atoms with Crippen LogP contribution in [-0.2, 0) is 10.8 Å². The quantitative estimate of drug-likeness (QED) is 0.108. The van der Waals surface area contributed by atoms with E-state index in [2.05, 4.69) is 561 Å². The van der Waals surface area contributed by atoms with Crippen LogP contribution in [0.2, 0.25) is 0 Å². The van der Waals surface area contributed by atoms with Crippen LogP contribution in [0, 0.1) is 5.92 Å². The third-order valence-corrected chi connectivity index (χ3v) is 34.3. The molecule has 0 radical (unpaired) electrons. The summed E-state index contributed by atoms with van der Waals surface area (Å²) < 4.78 is 2.69. The fraction of sp³-hybridized carbons (Fsp3) is 0.0548. The maximum absolute atomic E-state index is 2.69. The molecule has 4 aliphatic carbocycles. The Balaban J connectivity index is 0.489. The number of fused-ring (bicyclic) bond motifs is 27. The van der Waals surface area contributed by atoms with Crippen LogP contribution in [0.15, 0.2) is 533 Å². The minimum atomic E-state index is -0.615. The summed E-state index contributed by atoms with van der Waals surface area (Å²) in [5, 5.41) is 12.0. The molecule has 702 valence electrons. The summed E-state index contributed by atoms with van der Waals surface area (Å²) in [5.74, 6) is 0.231. The molecule has 4 nitrogen and oxygen atoms in total. The first-order valence-corrected chi connectivity index (χ1v) is 52.8. The molecule has 1 aromatic heterocycles. The van der Waals surface area contributed by atoms with Crippen molar-refractivity contribution in [2.45, 2.75) is 43.1 Å². The van der Waals surface area contributed by atoms with Gasteiger partial charge < -0.3 is 19.3 Å². The zero-order valence-corrected chi connectivity index (χ0v) is 83.0. The lowest BCUT2D eigenvalue weighted by Crippen LogP contribution is -2.45. The van der Waals surface area contributed by atoms with E-state index in [1.54, 1.807) is 0 Å². The molecule has 24 aromatic rings. The molecule has 31 rings (SSSR count). The lowest BCUT2D eigenvalue weighted by molar-refractivity contribution is 0.590. The van der Waals surface area contributed by atoms with Crippen molar-refractivity contribution < 1.29 is 0 Å². The van der Waals surface area contributed by atoms with Crippen LogP contribution < -0.4 is 14.7 Å². The standard InChI is InChI=1S/C146H98N4/c1-92-29-23-51-131-141(92)149-139-83-76-109(89-126(139)124-45-27-52-132(142(124)149)146(131)129-49-16-12-40-121(129)123-82-75-108(91-135(123)146)102-67-69-106-88-112(80-73-104(106)86-102)148(138-57-24-35-97-34-9-10-36-115(97)138)137-55-19-14-38-117(137)100-64-60-96(61-65-100)94-32-7-4-8-33-94)114-42-26-43-118-113(41-25-44-119(114)118)98-70-77-110(78-71-98)147(136-54-18-13-37-116(136)99-62-58-95(59-63-99)93-30-5-3-6-31-93)111-79-72-103-85-101(66-68-105(103)87-111)107-74-81-122-120-39-11-15-48-128(120)145(134(122)90-107)130-50-17-20-56-140(130)150-143-125(46-28-53-133(143)145)127-47-21-22-84-144(127,150)2/h3-28,30-83,85-92H,29,84H2,1-2H3. The highest BCUT2D eigenvalue weighted by atomic mass is 15.2. The second-order valence-corrected chi connectivity index (χ2v) is 42.1. The molecular formula is C146H98N4. The smallest absolute Gasteiger partial charge is 0.0754 e. The fourth-order valence-electron chi connectivity index (χ4n) is 27.7. The molecule has 4 atom stereocenters. The van der Waals surface area contributed by atoms with Crippen molar-refractivity contribution in [3.63, 3.8) is 0 Å². The number of hydrogen-bond acceptors (Lipinski definition) is 3. The van der Waals surface area contributed by atoms with E-state index >= 15 is 0 Å². The minimum Gasteiger partial charge on any atom is -0.330 e.